The molecule has 0 aliphatic carbocycles. The fraction of sp³-hybridized carbons (Fsp3) is 0.125. The number of para-hydroxylation sites is 1. The van der Waals surface area contributed by atoms with Gasteiger partial charge in [-0.3, -0.25) is 14.4 Å². The van der Waals surface area contributed by atoms with E-state index in [9.17, 15) is 14.4 Å². The van der Waals surface area contributed by atoms with E-state index in [1.807, 2.05) is 24.3 Å². The molecule has 1 aromatic carbocycles. The van der Waals surface area contributed by atoms with Gasteiger partial charge < -0.3 is 15.0 Å². The molecule has 1 aliphatic heterocycles. The lowest BCUT2D eigenvalue weighted by Gasteiger charge is -1.99. The minimum Gasteiger partial charge on any atom is -0.480 e. The first kappa shape index (κ1) is 16.0. The lowest BCUT2D eigenvalue weighted by Crippen LogP contribution is -2.23. The van der Waals surface area contributed by atoms with Gasteiger partial charge >= 0.3 is 5.97 Å². The molecule has 2 aromatic rings. The quantitative estimate of drug-likeness (QED) is 0.828. The first-order valence-electron chi connectivity index (χ1n) is 7.04. The molecule has 1 aromatic heterocycles. The van der Waals surface area contributed by atoms with Crippen molar-refractivity contribution in [3.05, 3.63) is 40.9 Å². The summed E-state index contributed by atoms with van der Waals surface area (Å²) in [4.78, 5) is 38.2. The van der Waals surface area contributed by atoms with Gasteiger partial charge in [0, 0.05) is 29.6 Å². The van der Waals surface area contributed by atoms with Crippen molar-refractivity contribution in [1.29, 1.82) is 0 Å². The molecule has 24 heavy (non-hydrogen) atoms. The Kier molecular flexibility index (Phi) is 4.22. The van der Waals surface area contributed by atoms with Gasteiger partial charge in [0.2, 0.25) is 5.91 Å². The summed E-state index contributed by atoms with van der Waals surface area (Å²) in [6.45, 7) is 1.17. The number of rotatable bonds is 3. The minimum absolute atomic E-state index is 0.168. The van der Waals surface area contributed by atoms with Gasteiger partial charge in [0.15, 0.2) is 5.17 Å². The fourth-order valence-corrected chi connectivity index (χ4v) is 3.27. The summed E-state index contributed by atoms with van der Waals surface area (Å²) in [6, 6.07) is 7.35. The zero-order valence-electron chi connectivity index (χ0n) is 12.6. The highest BCUT2D eigenvalue weighted by atomic mass is 32.2. The maximum Gasteiger partial charge on any atom is 0.323 e. The summed E-state index contributed by atoms with van der Waals surface area (Å²) in [5.41, 5.74) is 1.49. The van der Waals surface area contributed by atoms with Gasteiger partial charge in [-0.1, -0.05) is 18.2 Å². The lowest BCUT2D eigenvalue weighted by molar-refractivity contribution is -0.137. The standard InChI is InChI=1S/C16H13N3O4S/c1-9(20)17-16-18-15(23)13(24-16)6-10-7-19(8-14(21)22)12-5-3-2-4-11(10)12/h2-7H,8H2,1H3,(H,21,22)(H,17,18,20,23). The largest absolute Gasteiger partial charge is 0.480 e. The van der Waals surface area contributed by atoms with Gasteiger partial charge in [-0.05, 0) is 23.9 Å². The Morgan fingerprint density at radius 2 is 2.12 bits per heavy atom. The molecule has 0 saturated heterocycles. The molecule has 3 rings (SSSR count). The molecule has 7 nitrogen and oxygen atoms in total. The SMILES string of the molecule is CC(=O)NC1=NC(=O)C(=Cc2cn(CC(=O)O)c3ccccc23)S1. The zero-order valence-corrected chi connectivity index (χ0v) is 13.5. The van der Waals surface area contributed by atoms with E-state index in [1.54, 1.807) is 16.8 Å². The molecule has 8 heteroatoms. The monoisotopic (exact) mass is 343 g/mol. The van der Waals surface area contributed by atoms with Gasteiger partial charge in [0.25, 0.3) is 5.91 Å². The van der Waals surface area contributed by atoms with Gasteiger partial charge in [-0.15, -0.1) is 0 Å². The summed E-state index contributed by atoms with van der Waals surface area (Å²) in [7, 11) is 0. The number of hydrogen-bond donors (Lipinski definition) is 2. The number of carbonyl (C=O) groups is 3. The first-order chi connectivity index (χ1) is 11.4. The molecule has 2 N–H and O–H groups in total. The third-order valence-electron chi connectivity index (χ3n) is 3.32. The van der Waals surface area contributed by atoms with Crippen LogP contribution >= 0.6 is 11.8 Å². The zero-order chi connectivity index (χ0) is 17.3. The van der Waals surface area contributed by atoms with Crippen LogP contribution in [-0.4, -0.2) is 32.6 Å². The average Bonchev–Trinajstić information content (AvgIpc) is 3.00. The van der Waals surface area contributed by atoms with Crippen LogP contribution in [0.3, 0.4) is 0 Å². The van der Waals surface area contributed by atoms with E-state index in [4.69, 9.17) is 5.11 Å². The third-order valence-corrected chi connectivity index (χ3v) is 4.21. The van der Waals surface area contributed by atoms with Crippen molar-refractivity contribution in [1.82, 2.24) is 9.88 Å². The highest BCUT2D eigenvalue weighted by Crippen LogP contribution is 2.30. The second kappa shape index (κ2) is 6.32. The molecule has 1 aliphatic rings. The maximum absolute atomic E-state index is 12.0. The highest BCUT2D eigenvalue weighted by Gasteiger charge is 2.23. The van der Waals surface area contributed by atoms with E-state index < -0.39 is 11.9 Å². The molecule has 2 amide bonds. The summed E-state index contributed by atoms with van der Waals surface area (Å²) < 4.78 is 1.61. The van der Waals surface area contributed by atoms with Crippen LogP contribution in [0.25, 0.3) is 17.0 Å². The van der Waals surface area contributed by atoms with Crippen LogP contribution in [0.1, 0.15) is 12.5 Å². The second-order valence-corrected chi connectivity index (χ2v) is 6.17. The van der Waals surface area contributed by atoms with Gasteiger partial charge in [0.05, 0.1) is 4.91 Å². The van der Waals surface area contributed by atoms with Gasteiger partial charge in [-0.25, -0.2) is 0 Å². The Labute approximate surface area is 141 Å². The van der Waals surface area contributed by atoms with Crippen LogP contribution < -0.4 is 5.32 Å². The number of nitrogens with one attached hydrogen (secondary N) is 1. The van der Waals surface area contributed by atoms with Crippen LogP contribution in [0.5, 0.6) is 0 Å². The Morgan fingerprint density at radius 3 is 2.83 bits per heavy atom. The van der Waals surface area contributed by atoms with Crippen molar-refractivity contribution >= 4 is 51.7 Å². The number of amides is 2. The number of fused-ring (bicyclic) bond motifs is 1. The number of benzene rings is 1. The molecule has 2 heterocycles. The first-order valence-corrected chi connectivity index (χ1v) is 7.85. The van der Waals surface area contributed by atoms with E-state index in [0.29, 0.717) is 4.91 Å². The number of nitrogens with zero attached hydrogens (tertiary/aromatic N) is 2. The predicted octanol–water partition coefficient (Wildman–Crippen LogP) is 1.83. The normalized spacial score (nSPS) is 15.8. The third kappa shape index (κ3) is 3.23. The predicted molar refractivity (Wildman–Crippen MR) is 91.4 cm³/mol. The van der Waals surface area contributed by atoms with Crippen LogP contribution in [0.2, 0.25) is 0 Å². The highest BCUT2D eigenvalue weighted by molar-refractivity contribution is 8.18. The van der Waals surface area contributed by atoms with Crippen molar-refractivity contribution in [2.24, 2.45) is 4.99 Å². The number of carboxylic acids is 1. The van der Waals surface area contributed by atoms with Gasteiger partial charge in [0.1, 0.15) is 6.54 Å². The Hall–Kier alpha value is -2.87. The summed E-state index contributed by atoms with van der Waals surface area (Å²) in [5.74, 6) is -1.68. The lowest BCUT2D eigenvalue weighted by atomic mass is 10.1. The number of amidine groups is 1. The molecule has 0 fully saturated rings. The molecule has 0 bridgehead atoms. The Bertz CT molecular complexity index is 927. The maximum atomic E-state index is 12.0. The number of thioether (sulfide) groups is 1. The van der Waals surface area contributed by atoms with Crippen LogP contribution in [0, 0.1) is 0 Å². The number of aliphatic imine (C=N–C) groups is 1. The molecule has 0 atom stereocenters. The number of carbonyl (C=O) groups excluding carboxylic acids is 2. The molecule has 0 spiro atoms. The summed E-state index contributed by atoms with van der Waals surface area (Å²) >= 11 is 1.08. The van der Waals surface area contributed by atoms with Crippen molar-refractivity contribution in [2.45, 2.75) is 13.5 Å². The van der Waals surface area contributed by atoms with Crippen LogP contribution in [0.15, 0.2) is 40.4 Å². The van der Waals surface area contributed by atoms with Crippen molar-refractivity contribution in [3.8, 4) is 0 Å². The fourth-order valence-electron chi connectivity index (χ4n) is 2.42. The van der Waals surface area contributed by atoms with Crippen molar-refractivity contribution in [2.75, 3.05) is 0 Å². The van der Waals surface area contributed by atoms with E-state index in [-0.39, 0.29) is 17.6 Å². The number of aromatic nitrogens is 1. The number of carboxylic acid groups (broad SMARTS) is 1. The molecule has 0 saturated carbocycles. The molecular formula is C16H13N3O4S. The second-order valence-electron chi connectivity index (χ2n) is 5.14. The van der Waals surface area contributed by atoms with Gasteiger partial charge in [-0.2, -0.15) is 4.99 Å². The summed E-state index contributed by atoms with van der Waals surface area (Å²) in [6.07, 6.45) is 3.35. The van der Waals surface area contributed by atoms with Crippen molar-refractivity contribution in [3.63, 3.8) is 0 Å². The average molecular weight is 343 g/mol. The Morgan fingerprint density at radius 1 is 1.38 bits per heavy atom. The number of hydrogen-bond acceptors (Lipinski definition) is 4. The smallest absolute Gasteiger partial charge is 0.323 e. The van der Waals surface area contributed by atoms with Crippen molar-refractivity contribution < 1.29 is 19.5 Å². The molecule has 0 radical (unpaired) electrons. The minimum atomic E-state index is -0.947. The molecular weight excluding hydrogens is 330 g/mol. The van der Waals surface area contributed by atoms with Crippen LogP contribution in [-0.2, 0) is 20.9 Å². The Balaban J connectivity index is 1.97. The number of aliphatic carboxylic acids is 1. The molecule has 122 valence electrons. The summed E-state index contributed by atoms with van der Waals surface area (Å²) in [5, 5.41) is 12.6. The van der Waals surface area contributed by atoms with Crippen LogP contribution in [0.4, 0.5) is 0 Å². The van der Waals surface area contributed by atoms with E-state index in [0.717, 1.165) is 28.2 Å². The topological polar surface area (TPSA) is 101 Å². The molecule has 0 unspecified atom stereocenters. The van der Waals surface area contributed by atoms with E-state index in [1.165, 1.54) is 6.92 Å². The van der Waals surface area contributed by atoms with E-state index in [2.05, 4.69) is 10.3 Å². The van der Waals surface area contributed by atoms with E-state index >= 15 is 0 Å².